The van der Waals surface area contributed by atoms with E-state index in [2.05, 4.69) is 5.32 Å². The largest absolute Gasteiger partial charge is 0.445 e. The van der Waals surface area contributed by atoms with Crippen molar-refractivity contribution in [2.75, 3.05) is 0 Å². The second kappa shape index (κ2) is 4.99. The Balaban J connectivity index is 1.72. The van der Waals surface area contributed by atoms with Crippen molar-refractivity contribution in [1.29, 1.82) is 0 Å². The highest BCUT2D eigenvalue weighted by molar-refractivity contribution is 5.67. The normalized spacial score (nSPS) is 23.3. The topological polar surface area (TPSA) is 64.3 Å². The van der Waals surface area contributed by atoms with Crippen LogP contribution in [-0.2, 0) is 11.3 Å². The van der Waals surface area contributed by atoms with Gasteiger partial charge in [0, 0.05) is 12.1 Å². The van der Waals surface area contributed by atoms with Crippen LogP contribution in [0, 0.1) is 0 Å². The smallest absolute Gasteiger partial charge is 0.407 e. The number of ether oxygens (including phenoxy) is 1. The van der Waals surface area contributed by atoms with E-state index in [1.54, 1.807) is 0 Å². The first-order chi connectivity index (χ1) is 7.75. The van der Waals surface area contributed by atoms with Crippen LogP contribution in [0.3, 0.4) is 0 Å². The SMILES string of the molecule is N[C@@H]1CC[C@@H]1NC(=O)OCc1ccccc1. The zero-order valence-corrected chi connectivity index (χ0v) is 9.06. The van der Waals surface area contributed by atoms with E-state index in [-0.39, 0.29) is 18.2 Å². The Hall–Kier alpha value is -1.55. The number of benzene rings is 1. The summed E-state index contributed by atoms with van der Waals surface area (Å²) in [6.07, 6.45) is 1.54. The molecule has 16 heavy (non-hydrogen) atoms. The summed E-state index contributed by atoms with van der Waals surface area (Å²) in [5.74, 6) is 0. The molecule has 0 aromatic heterocycles. The van der Waals surface area contributed by atoms with Crippen LogP contribution in [0.4, 0.5) is 4.79 Å². The molecule has 0 heterocycles. The number of carbonyl (C=O) groups is 1. The summed E-state index contributed by atoms with van der Waals surface area (Å²) in [6.45, 7) is 0.300. The van der Waals surface area contributed by atoms with Gasteiger partial charge in [-0.25, -0.2) is 4.79 Å². The third-order valence-electron chi connectivity index (χ3n) is 2.84. The van der Waals surface area contributed by atoms with Gasteiger partial charge in [-0.15, -0.1) is 0 Å². The number of hydrogen-bond donors (Lipinski definition) is 2. The molecule has 0 aliphatic heterocycles. The van der Waals surface area contributed by atoms with Gasteiger partial charge in [-0.2, -0.15) is 0 Å². The number of rotatable bonds is 3. The van der Waals surface area contributed by atoms with Crippen LogP contribution >= 0.6 is 0 Å². The van der Waals surface area contributed by atoms with Crippen LogP contribution < -0.4 is 11.1 Å². The molecule has 0 saturated heterocycles. The number of carbonyl (C=O) groups excluding carboxylic acids is 1. The number of amides is 1. The average Bonchev–Trinajstić information content (AvgIpc) is 2.33. The van der Waals surface area contributed by atoms with Crippen LogP contribution in [0.25, 0.3) is 0 Å². The van der Waals surface area contributed by atoms with Crippen molar-refractivity contribution in [3.05, 3.63) is 35.9 Å². The van der Waals surface area contributed by atoms with Gasteiger partial charge < -0.3 is 15.8 Å². The van der Waals surface area contributed by atoms with Crippen molar-refractivity contribution in [1.82, 2.24) is 5.32 Å². The maximum Gasteiger partial charge on any atom is 0.407 e. The summed E-state index contributed by atoms with van der Waals surface area (Å²) in [5, 5.41) is 2.75. The predicted octanol–water partition coefficient (Wildman–Crippen LogP) is 1.40. The Labute approximate surface area is 94.8 Å². The molecule has 0 spiro atoms. The lowest BCUT2D eigenvalue weighted by atomic mass is 9.87. The molecule has 1 saturated carbocycles. The second-order valence-electron chi connectivity index (χ2n) is 4.05. The minimum Gasteiger partial charge on any atom is -0.445 e. The number of hydrogen-bond acceptors (Lipinski definition) is 3. The third kappa shape index (κ3) is 2.73. The monoisotopic (exact) mass is 220 g/mol. The average molecular weight is 220 g/mol. The van der Waals surface area contributed by atoms with Gasteiger partial charge in [0.25, 0.3) is 0 Å². The number of nitrogens with one attached hydrogen (secondary N) is 1. The van der Waals surface area contributed by atoms with Gasteiger partial charge in [-0.3, -0.25) is 0 Å². The van der Waals surface area contributed by atoms with Crippen molar-refractivity contribution in [3.63, 3.8) is 0 Å². The molecular formula is C12H16N2O2. The Morgan fingerprint density at radius 1 is 1.38 bits per heavy atom. The zero-order valence-electron chi connectivity index (χ0n) is 9.06. The first-order valence-electron chi connectivity index (χ1n) is 5.48. The summed E-state index contributed by atoms with van der Waals surface area (Å²) >= 11 is 0. The molecule has 4 heteroatoms. The van der Waals surface area contributed by atoms with Crippen LogP contribution in [0.5, 0.6) is 0 Å². The molecule has 0 bridgehead atoms. The van der Waals surface area contributed by atoms with E-state index in [1.165, 1.54) is 0 Å². The van der Waals surface area contributed by atoms with Crippen molar-refractivity contribution in [3.8, 4) is 0 Å². The maximum atomic E-state index is 11.4. The molecule has 0 unspecified atom stereocenters. The van der Waals surface area contributed by atoms with Crippen molar-refractivity contribution in [2.24, 2.45) is 5.73 Å². The molecule has 2 rings (SSSR count). The molecule has 1 aliphatic rings. The molecule has 4 nitrogen and oxygen atoms in total. The summed E-state index contributed by atoms with van der Waals surface area (Å²) in [6, 6.07) is 9.77. The number of alkyl carbamates (subject to hydrolysis) is 1. The van der Waals surface area contributed by atoms with E-state index in [4.69, 9.17) is 10.5 Å². The fourth-order valence-electron chi connectivity index (χ4n) is 1.62. The van der Waals surface area contributed by atoms with Gasteiger partial charge in [0.15, 0.2) is 0 Å². The number of nitrogens with two attached hydrogens (primary N) is 1. The standard InChI is InChI=1S/C12H16N2O2/c13-10-6-7-11(10)14-12(15)16-8-9-4-2-1-3-5-9/h1-5,10-11H,6-8,13H2,(H,14,15)/t10-,11+/m1/s1. The lowest BCUT2D eigenvalue weighted by molar-refractivity contribution is 0.127. The van der Waals surface area contributed by atoms with Gasteiger partial charge in [0.1, 0.15) is 6.61 Å². The van der Waals surface area contributed by atoms with Gasteiger partial charge in [0.2, 0.25) is 0 Å². The minimum absolute atomic E-state index is 0.0864. The quantitative estimate of drug-likeness (QED) is 0.809. The first kappa shape index (κ1) is 11.0. The van der Waals surface area contributed by atoms with E-state index in [0.717, 1.165) is 18.4 Å². The molecule has 1 fully saturated rings. The van der Waals surface area contributed by atoms with E-state index >= 15 is 0 Å². The molecule has 1 aromatic carbocycles. The van der Waals surface area contributed by atoms with Gasteiger partial charge in [-0.1, -0.05) is 30.3 Å². The zero-order chi connectivity index (χ0) is 11.4. The molecule has 1 aromatic rings. The fraction of sp³-hybridized carbons (Fsp3) is 0.417. The Morgan fingerprint density at radius 3 is 2.69 bits per heavy atom. The summed E-state index contributed by atoms with van der Waals surface area (Å²) in [5.41, 5.74) is 6.69. The van der Waals surface area contributed by atoms with Gasteiger partial charge >= 0.3 is 6.09 Å². The Bertz CT molecular complexity index is 353. The van der Waals surface area contributed by atoms with E-state index < -0.39 is 0 Å². The Morgan fingerprint density at radius 2 is 2.12 bits per heavy atom. The highest BCUT2D eigenvalue weighted by Crippen LogP contribution is 2.17. The van der Waals surface area contributed by atoms with E-state index in [0.29, 0.717) is 6.61 Å². The molecule has 86 valence electrons. The van der Waals surface area contributed by atoms with Crippen LogP contribution in [0.1, 0.15) is 18.4 Å². The van der Waals surface area contributed by atoms with Crippen LogP contribution in [0.2, 0.25) is 0 Å². The third-order valence-corrected chi connectivity index (χ3v) is 2.84. The van der Waals surface area contributed by atoms with Gasteiger partial charge in [-0.05, 0) is 18.4 Å². The molecule has 2 atom stereocenters. The first-order valence-corrected chi connectivity index (χ1v) is 5.48. The molecule has 0 radical (unpaired) electrons. The lowest BCUT2D eigenvalue weighted by Crippen LogP contribution is -2.54. The lowest BCUT2D eigenvalue weighted by Gasteiger charge is -2.33. The van der Waals surface area contributed by atoms with Crippen molar-refractivity contribution < 1.29 is 9.53 Å². The maximum absolute atomic E-state index is 11.4. The predicted molar refractivity (Wildman–Crippen MR) is 60.8 cm³/mol. The second-order valence-corrected chi connectivity index (χ2v) is 4.05. The van der Waals surface area contributed by atoms with Crippen molar-refractivity contribution >= 4 is 6.09 Å². The minimum atomic E-state index is -0.385. The van der Waals surface area contributed by atoms with Gasteiger partial charge in [0.05, 0.1) is 0 Å². The molecule has 1 aliphatic carbocycles. The van der Waals surface area contributed by atoms with E-state index in [1.807, 2.05) is 30.3 Å². The highest BCUT2D eigenvalue weighted by Gasteiger charge is 2.28. The highest BCUT2D eigenvalue weighted by atomic mass is 16.5. The molecule has 1 amide bonds. The van der Waals surface area contributed by atoms with E-state index in [9.17, 15) is 4.79 Å². The summed E-state index contributed by atoms with van der Waals surface area (Å²) in [7, 11) is 0. The molecular weight excluding hydrogens is 204 g/mol. The molecule has 3 N–H and O–H groups in total. The summed E-state index contributed by atoms with van der Waals surface area (Å²) in [4.78, 5) is 11.4. The Kier molecular flexibility index (Phi) is 3.41. The fourth-order valence-corrected chi connectivity index (χ4v) is 1.62. The van der Waals surface area contributed by atoms with Crippen LogP contribution in [0.15, 0.2) is 30.3 Å². The summed E-state index contributed by atoms with van der Waals surface area (Å²) < 4.78 is 5.08. The van der Waals surface area contributed by atoms with Crippen molar-refractivity contribution in [2.45, 2.75) is 31.5 Å². The van der Waals surface area contributed by atoms with Crippen LogP contribution in [-0.4, -0.2) is 18.2 Å².